The molecule has 0 heterocycles. The normalized spacial score (nSPS) is 10.8. The summed E-state index contributed by atoms with van der Waals surface area (Å²) < 4.78 is 46.7. The largest absolute Gasteiger partial charge is 0.514 e. The smallest absolute Gasteiger partial charge is 0.508 e. The van der Waals surface area contributed by atoms with Gasteiger partial charge in [0.1, 0.15) is 40.1 Å². The van der Waals surface area contributed by atoms with Crippen molar-refractivity contribution in [3.05, 3.63) is 215 Å². The van der Waals surface area contributed by atoms with Gasteiger partial charge >= 0.3 is 18.3 Å². The Morgan fingerprint density at radius 2 is 0.810 bits per heavy atom. The summed E-state index contributed by atoms with van der Waals surface area (Å²) in [4.78, 5) is 59.7. The standard InChI is InChI=1S/C25H24FNO4.C20H14FNO4.C18H21NO3/c1-16-5-6-19(15-22(16)27-23(28)18-7-11-20(26)12-8-18)17-9-13-21(14-10-17)30-24(29)31-25(2,3)4;21-15-6-1-13(2-7-15)19(24)22-18-11-14(5-10-17(18)20(25)26)12-3-8-16(23)9-4-12;1-12-5-6-14(11-16(12)19)13-7-9-15(10-8-13)21-17(20)22-18(2,3)4/h5-15H,1-4H3,(H,27,28);1-11,23H,(H,22,24)(H,25,26);5-11H,19H2,1-4H3. The van der Waals surface area contributed by atoms with Gasteiger partial charge in [-0.2, -0.15) is 0 Å². The number of halogens is 2. The molecule has 8 rings (SSSR count). The van der Waals surface area contributed by atoms with E-state index in [9.17, 15) is 43.0 Å². The van der Waals surface area contributed by atoms with Crippen molar-refractivity contribution >= 4 is 47.2 Å². The van der Waals surface area contributed by atoms with Crippen LogP contribution in [0.15, 0.2) is 176 Å². The van der Waals surface area contributed by atoms with Gasteiger partial charge in [-0.05, 0) is 209 Å². The number of phenols is 1. The molecule has 0 aliphatic heterocycles. The fourth-order valence-corrected chi connectivity index (χ4v) is 7.18. The number of hydrogen-bond acceptors (Lipinski definition) is 11. The minimum Gasteiger partial charge on any atom is -0.508 e. The number of nitrogen functional groups attached to an aromatic ring is 1. The van der Waals surface area contributed by atoms with E-state index >= 15 is 0 Å². The molecule has 14 nitrogen and oxygen atoms in total. The number of nitrogens with one attached hydrogen (secondary N) is 2. The summed E-state index contributed by atoms with van der Waals surface area (Å²) in [6, 6.07) is 47.1. The van der Waals surface area contributed by atoms with Crippen LogP contribution in [0.4, 0.5) is 35.4 Å². The van der Waals surface area contributed by atoms with Gasteiger partial charge in [-0.3, -0.25) is 9.59 Å². The van der Waals surface area contributed by atoms with Crippen molar-refractivity contribution in [2.24, 2.45) is 0 Å². The Hall–Kier alpha value is -9.83. The third kappa shape index (κ3) is 17.9. The Kier molecular flexibility index (Phi) is 19.1. The van der Waals surface area contributed by atoms with E-state index in [2.05, 4.69) is 10.6 Å². The second-order valence-corrected chi connectivity index (χ2v) is 19.8. The summed E-state index contributed by atoms with van der Waals surface area (Å²) in [7, 11) is 0. The summed E-state index contributed by atoms with van der Waals surface area (Å²) in [5.74, 6) is -1.99. The maximum atomic E-state index is 13.1. The molecule has 0 unspecified atom stereocenters. The molecule has 2 amide bonds. The first kappa shape index (κ1) is 58.4. The fraction of sp³-hybridized carbons (Fsp3) is 0.159. The summed E-state index contributed by atoms with van der Waals surface area (Å²) in [6.45, 7) is 14.5. The van der Waals surface area contributed by atoms with Crippen LogP contribution in [0, 0.1) is 25.5 Å². The third-order valence-electron chi connectivity index (χ3n) is 11.2. The van der Waals surface area contributed by atoms with Crippen LogP contribution in [0.2, 0.25) is 0 Å². The molecule has 0 bridgehead atoms. The molecule has 8 aromatic rings. The molecule has 0 saturated carbocycles. The number of benzene rings is 8. The average Bonchev–Trinajstić information content (AvgIpc) is 3.41. The van der Waals surface area contributed by atoms with E-state index in [0.717, 1.165) is 56.8 Å². The molecule has 0 atom stereocenters. The first-order valence-corrected chi connectivity index (χ1v) is 24.6. The number of nitrogens with two attached hydrogens (primary N) is 1. The van der Waals surface area contributed by atoms with Crippen molar-refractivity contribution < 1.29 is 61.9 Å². The monoisotopic (exact) mass is 1070 g/mol. The average molecular weight is 1070 g/mol. The maximum absolute atomic E-state index is 13.1. The molecule has 6 N–H and O–H groups in total. The number of hydrogen-bond donors (Lipinski definition) is 5. The highest BCUT2D eigenvalue weighted by molar-refractivity contribution is 6.08. The van der Waals surface area contributed by atoms with Crippen LogP contribution in [0.25, 0.3) is 33.4 Å². The minimum absolute atomic E-state index is 0.0667. The van der Waals surface area contributed by atoms with E-state index < -0.39 is 47.0 Å². The first-order valence-electron chi connectivity index (χ1n) is 24.6. The Morgan fingerprint density at radius 3 is 1.22 bits per heavy atom. The first-order chi connectivity index (χ1) is 37.3. The Labute approximate surface area is 456 Å². The van der Waals surface area contributed by atoms with Crippen LogP contribution in [-0.2, 0) is 9.47 Å². The molecule has 0 aromatic heterocycles. The topological polar surface area (TPSA) is 213 Å². The van der Waals surface area contributed by atoms with Gasteiger partial charge < -0.3 is 45.5 Å². The van der Waals surface area contributed by atoms with E-state index in [1.165, 1.54) is 60.7 Å². The molecule has 0 aliphatic carbocycles. The van der Waals surface area contributed by atoms with Crippen molar-refractivity contribution in [1.82, 2.24) is 0 Å². The lowest BCUT2D eigenvalue weighted by molar-refractivity contribution is 0.0193. The zero-order chi connectivity index (χ0) is 57.6. The number of anilines is 3. The number of aryl methyl sites for hydroxylation is 2. The number of aromatic carboxylic acids is 1. The van der Waals surface area contributed by atoms with Gasteiger partial charge in [-0.15, -0.1) is 0 Å². The third-order valence-corrected chi connectivity index (χ3v) is 11.2. The molecule has 0 radical (unpaired) electrons. The summed E-state index contributed by atoms with van der Waals surface area (Å²) >= 11 is 0. The highest BCUT2D eigenvalue weighted by Crippen LogP contribution is 2.31. The van der Waals surface area contributed by atoms with Gasteiger partial charge in [0.25, 0.3) is 11.8 Å². The summed E-state index contributed by atoms with van der Waals surface area (Å²) in [6.07, 6.45) is -1.47. The molecule has 79 heavy (non-hydrogen) atoms. The number of carboxylic acids is 1. The summed E-state index contributed by atoms with van der Waals surface area (Å²) in [5, 5.41) is 24.2. The Balaban J connectivity index is 0.000000194. The number of ether oxygens (including phenoxy) is 4. The number of carbonyl (C=O) groups excluding carboxylic acids is 4. The number of amides is 2. The number of aromatic hydroxyl groups is 1. The molecule has 0 spiro atoms. The lowest BCUT2D eigenvalue weighted by atomic mass is 10.0. The quantitative estimate of drug-likeness (QED) is 0.0492. The zero-order valence-electron chi connectivity index (χ0n) is 44.6. The number of carbonyl (C=O) groups is 5. The van der Waals surface area contributed by atoms with Gasteiger partial charge in [0.05, 0.1) is 11.3 Å². The predicted octanol–water partition coefficient (Wildman–Crippen LogP) is 15.1. The van der Waals surface area contributed by atoms with Gasteiger partial charge in [0, 0.05) is 22.5 Å². The zero-order valence-corrected chi connectivity index (χ0v) is 44.6. The lowest BCUT2D eigenvalue weighted by Gasteiger charge is -2.18. The van der Waals surface area contributed by atoms with Crippen LogP contribution in [0.5, 0.6) is 17.2 Å². The maximum Gasteiger partial charge on any atom is 0.514 e. The van der Waals surface area contributed by atoms with Crippen LogP contribution < -0.4 is 25.8 Å². The number of carboxylic acid groups (broad SMARTS) is 1. The van der Waals surface area contributed by atoms with Gasteiger partial charge in [0.15, 0.2) is 0 Å². The number of phenolic OH excluding ortho intramolecular Hbond substituents is 1. The highest BCUT2D eigenvalue weighted by Gasteiger charge is 2.20. The van der Waals surface area contributed by atoms with Crippen molar-refractivity contribution in [2.45, 2.75) is 66.6 Å². The van der Waals surface area contributed by atoms with E-state index in [4.69, 9.17) is 24.7 Å². The summed E-state index contributed by atoms with van der Waals surface area (Å²) in [5.41, 5.74) is 13.9. The van der Waals surface area contributed by atoms with Crippen molar-refractivity contribution in [2.75, 3.05) is 16.4 Å². The van der Waals surface area contributed by atoms with E-state index in [1.54, 1.807) is 84.0 Å². The van der Waals surface area contributed by atoms with Crippen molar-refractivity contribution in [3.8, 4) is 50.6 Å². The molecular weight excluding hydrogens is 1010 g/mol. The second-order valence-electron chi connectivity index (χ2n) is 19.8. The molecule has 0 aliphatic rings. The van der Waals surface area contributed by atoms with Gasteiger partial charge in [-0.1, -0.05) is 66.7 Å². The molecular formula is C63H59F2N3O11. The minimum atomic E-state index is -1.18. The highest BCUT2D eigenvalue weighted by atomic mass is 19.1. The van der Waals surface area contributed by atoms with Crippen LogP contribution in [0.3, 0.4) is 0 Å². The van der Waals surface area contributed by atoms with Crippen molar-refractivity contribution in [3.63, 3.8) is 0 Å². The van der Waals surface area contributed by atoms with Gasteiger partial charge in [0.2, 0.25) is 0 Å². The van der Waals surface area contributed by atoms with Gasteiger partial charge in [-0.25, -0.2) is 23.2 Å². The Morgan fingerprint density at radius 1 is 0.456 bits per heavy atom. The Bertz CT molecular complexity index is 3440. The fourth-order valence-electron chi connectivity index (χ4n) is 7.18. The number of rotatable bonds is 10. The molecule has 16 heteroatoms. The van der Waals surface area contributed by atoms with Crippen LogP contribution >= 0.6 is 0 Å². The van der Waals surface area contributed by atoms with Crippen LogP contribution in [0.1, 0.15) is 83.7 Å². The SMILES string of the molecule is Cc1ccc(-c2ccc(OC(=O)OC(C)(C)C)cc2)cc1N.Cc1ccc(-c2ccc(OC(=O)OC(C)(C)C)cc2)cc1NC(=O)c1ccc(F)cc1.O=C(Nc1cc(-c2ccc(O)cc2)ccc1C(=O)O)c1ccc(F)cc1. The molecule has 406 valence electrons. The lowest BCUT2D eigenvalue weighted by Crippen LogP contribution is -2.25. The molecule has 0 fully saturated rings. The van der Waals surface area contributed by atoms with Crippen LogP contribution in [-0.4, -0.2) is 51.5 Å². The van der Waals surface area contributed by atoms with E-state index in [1.807, 2.05) is 74.5 Å². The van der Waals surface area contributed by atoms with Crippen molar-refractivity contribution in [1.29, 1.82) is 0 Å². The van der Waals surface area contributed by atoms with E-state index in [-0.39, 0.29) is 28.5 Å². The van der Waals surface area contributed by atoms with E-state index in [0.29, 0.717) is 28.3 Å². The molecule has 0 saturated heterocycles. The second kappa shape index (κ2) is 25.8. The predicted molar refractivity (Wildman–Crippen MR) is 301 cm³/mol. The molecule has 8 aromatic carbocycles.